The maximum Gasteiger partial charge on any atom is 0.0573 e. The Morgan fingerprint density at radius 3 is 2.42 bits per heavy atom. The first kappa shape index (κ1) is 11.5. The number of rotatable bonds is 8. The summed E-state index contributed by atoms with van der Waals surface area (Å²) in [5.74, 6) is 2.57. The summed E-state index contributed by atoms with van der Waals surface area (Å²) in [5, 5.41) is 3.19. The lowest BCUT2D eigenvalue weighted by molar-refractivity contribution is 0.586. The number of hydrogen-bond acceptors (Lipinski definition) is 1. The highest BCUT2D eigenvalue weighted by molar-refractivity contribution is 4.86. The normalized spacial score (nSPS) is 9.67. The molecule has 0 rings (SSSR count). The van der Waals surface area contributed by atoms with Crippen LogP contribution in [0.25, 0.3) is 0 Å². The van der Waals surface area contributed by atoms with Gasteiger partial charge < -0.3 is 5.32 Å². The van der Waals surface area contributed by atoms with Gasteiger partial charge >= 0.3 is 0 Å². The molecule has 0 atom stereocenters. The molecule has 0 aromatic rings. The Labute approximate surface area is 76.9 Å². The molecule has 0 saturated carbocycles. The quantitative estimate of drug-likeness (QED) is 0.433. The summed E-state index contributed by atoms with van der Waals surface area (Å²) in [6.45, 7) is 4.04. The van der Waals surface area contributed by atoms with Gasteiger partial charge in [-0.2, -0.15) is 0 Å². The first-order valence-corrected chi connectivity index (χ1v) is 5.06. The van der Waals surface area contributed by atoms with E-state index in [0.717, 1.165) is 13.1 Å². The van der Waals surface area contributed by atoms with Gasteiger partial charge in [-0.3, -0.25) is 0 Å². The summed E-state index contributed by atoms with van der Waals surface area (Å²) in [7, 11) is 0. The van der Waals surface area contributed by atoms with Gasteiger partial charge in [-0.05, 0) is 13.0 Å². The Kier molecular flexibility index (Phi) is 10.1. The average molecular weight is 167 g/mol. The van der Waals surface area contributed by atoms with E-state index in [4.69, 9.17) is 6.42 Å². The second kappa shape index (κ2) is 10.5. The first-order chi connectivity index (χ1) is 5.91. The van der Waals surface area contributed by atoms with E-state index in [1.165, 1.54) is 38.5 Å². The van der Waals surface area contributed by atoms with Crippen molar-refractivity contribution in [3.05, 3.63) is 0 Å². The molecule has 12 heavy (non-hydrogen) atoms. The van der Waals surface area contributed by atoms with Crippen LogP contribution in [-0.2, 0) is 0 Å². The fourth-order valence-electron chi connectivity index (χ4n) is 1.19. The van der Waals surface area contributed by atoms with E-state index in [1.54, 1.807) is 0 Å². The molecule has 0 aliphatic carbocycles. The molecule has 0 aromatic carbocycles. The minimum atomic E-state index is 0.717. The monoisotopic (exact) mass is 167 g/mol. The second-order valence-corrected chi connectivity index (χ2v) is 3.15. The Morgan fingerprint density at radius 1 is 1.08 bits per heavy atom. The molecule has 0 bridgehead atoms. The molecule has 0 radical (unpaired) electrons. The molecule has 0 unspecified atom stereocenters. The van der Waals surface area contributed by atoms with E-state index < -0.39 is 0 Å². The van der Waals surface area contributed by atoms with Crippen molar-refractivity contribution in [3.63, 3.8) is 0 Å². The minimum Gasteiger partial charge on any atom is -0.306 e. The predicted octanol–water partition coefficient (Wildman–Crippen LogP) is 2.57. The maximum atomic E-state index is 5.10. The van der Waals surface area contributed by atoms with Gasteiger partial charge in [0.15, 0.2) is 0 Å². The topological polar surface area (TPSA) is 12.0 Å². The van der Waals surface area contributed by atoms with Gasteiger partial charge in [-0.25, -0.2) is 0 Å². The molecule has 1 N–H and O–H groups in total. The van der Waals surface area contributed by atoms with E-state index in [2.05, 4.69) is 18.2 Å². The molecular weight excluding hydrogens is 146 g/mol. The average Bonchev–Trinajstić information content (AvgIpc) is 2.10. The molecule has 70 valence electrons. The maximum absolute atomic E-state index is 5.10. The van der Waals surface area contributed by atoms with Crippen LogP contribution in [0.5, 0.6) is 0 Å². The number of unbranched alkanes of at least 4 members (excludes halogenated alkanes) is 5. The van der Waals surface area contributed by atoms with Crippen molar-refractivity contribution in [2.45, 2.75) is 45.4 Å². The SMILES string of the molecule is C#CCNCCCCCCCC. The molecule has 0 aliphatic heterocycles. The van der Waals surface area contributed by atoms with Gasteiger partial charge in [-0.15, -0.1) is 6.42 Å². The minimum absolute atomic E-state index is 0.717. The molecule has 0 amide bonds. The number of terminal acetylenes is 1. The summed E-state index contributed by atoms with van der Waals surface area (Å²) < 4.78 is 0. The Bertz CT molecular complexity index is 113. The molecule has 0 spiro atoms. The highest BCUT2D eigenvalue weighted by Gasteiger charge is 1.88. The van der Waals surface area contributed by atoms with Gasteiger partial charge in [-0.1, -0.05) is 44.9 Å². The Hall–Kier alpha value is -0.480. The zero-order chi connectivity index (χ0) is 9.07. The van der Waals surface area contributed by atoms with Crippen LogP contribution in [0.1, 0.15) is 45.4 Å². The smallest absolute Gasteiger partial charge is 0.0573 e. The highest BCUT2D eigenvalue weighted by Crippen LogP contribution is 2.03. The third-order valence-electron chi connectivity index (χ3n) is 1.93. The molecule has 0 saturated heterocycles. The molecule has 0 heterocycles. The van der Waals surface area contributed by atoms with E-state index >= 15 is 0 Å². The zero-order valence-corrected chi connectivity index (χ0v) is 8.23. The van der Waals surface area contributed by atoms with Crippen molar-refractivity contribution in [2.75, 3.05) is 13.1 Å². The standard InChI is InChI=1S/C11H21N/c1-3-5-6-7-8-9-11-12-10-4-2/h2,12H,3,5-11H2,1H3. The summed E-state index contributed by atoms with van der Waals surface area (Å²) in [4.78, 5) is 0. The van der Waals surface area contributed by atoms with Gasteiger partial charge in [0.25, 0.3) is 0 Å². The predicted molar refractivity (Wildman–Crippen MR) is 55.1 cm³/mol. The van der Waals surface area contributed by atoms with Crippen LogP contribution in [0.3, 0.4) is 0 Å². The van der Waals surface area contributed by atoms with E-state index in [1.807, 2.05) is 0 Å². The molecule has 0 fully saturated rings. The van der Waals surface area contributed by atoms with Crippen LogP contribution >= 0.6 is 0 Å². The van der Waals surface area contributed by atoms with Crippen molar-refractivity contribution < 1.29 is 0 Å². The molecular formula is C11H21N. The van der Waals surface area contributed by atoms with E-state index in [0.29, 0.717) is 0 Å². The number of nitrogens with one attached hydrogen (secondary N) is 1. The van der Waals surface area contributed by atoms with Crippen molar-refractivity contribution >= 4 is 0 Å². The van der Waals surface area contributed by atoms with Crippen molar-refractivity contribution in [1.82, 2.24) is 5.32 Å². The summed E-state index contributed by atoms with van der Waals surface area (Å²) in [6.07, 6.45) is 13.2. The van der Waals surface area contributed by atoms with Gasteiger partial charge in [0.1, 0.15) is 0 Å². The molecule has 0 aliphatic rings. The van der Waals surface area contributed by atoms with E-state index in [9.17, 15) is 0 Å². The lowest BCUT2D eigenvalue weighted by Gasteiger charge is -2.00. The fourth-order valence-corrected chi connectivity index (χ4v) is 1.19. The molecule has 0 aromatic heterocycles. The zero-order valence-electron chi connectivity index (χ0n) is 8.23. The number of hydrogen-bond donors (Lipinski definition) is 1. The molecule has 1 heteroatoms. The van der Waals surface area contributed by atoms with Crippen LogP contribution < -0.4 is 5.32 Å². The van der Waals surface area contributed by atoms with Crippen molar-refractivity contribution in [3.8, 4) is 12.3 Å². The Morgan fingerprint density at radius 2 is 1.75 bits per heavy atom. The fraction of sp³-hybridized carbons (Fsp3) is 0.818. The Balaban J connectivity index is 2.78. The summed E-state index contributed by atoms with van der Waals surface area (Å²) in [6, 6.07) is 0. The van der Waals surface area contributed by atoms with Gasteiger partial charge in [0.2, 0.25) is 0 Å². The van der Waals surface area contributed by atoms with Gasteiger partial charge in [0.05, 0.1) is 6.54 Å². The lowest BCUT2D eigenvalue weighted by Crippen LogP contribution is -2.14. The van der Waals surface area contributed by atoms with Crippen LogP contribution in [-0.4, -0.2) is 13.1 Å². The van der Waals surface area contributed by atoms with Crippen LogP contribution in [0.2, 0.25) is 0 Å². The third kappa shape index (κ3) is 9.52. The second-order valence-electron chi connectivity index (χ2n) is 3.15. The third-order valence-corrected chi connectivity index (χ3v) is 1.93. The van der Waals surface area contributed by atoms with E-state index in [-0.39, 0.29) is 0 Å². The lowest BCUT2D eigenvalue weighted by atomic mass is 10.1. The van der Waals surface area contributed by atoms with Gasteiger partial charge in [0, 0.05) is 0 Å². The van der Waals surface area contributed by atoms with Crippen LogP contribution in [0.15, 0.2) is 0 Å². The summed E-state index contributed by atoms with van der Waals surface area (Å²) in [5.41, 5.74) is 0. The van der Waals surface area contributed by atoms with Crippen LogP contribution in [0.4, 0.5) is 0 Å². The largest absolute Gasteiger partial charge is 0.306 e. The van der Waals surface area contributed by atoms with Crippen molar-refractivity contribution in [1.29, 1.82) is 0 Å². The van der Waals surface area contributed by atoms with Crippen molar-refractivity contribution in [2.24, 2.45) is 0 Å². The highest BCUT2D eigenvalue weighted by atomic mass is 14.8. The summed E-state index contributed by atoms with van der Waals surface area (Å²) >= 11 is 0. The first-order valence-electron chi connectivity index (χ1n) is 5.06. The van der Waals surface area contributed by atoms with Crippen LogP contribution in [0, 0.1) is 12.3 Å². The molecule has 1 nitrogen and oxygen atoms in total.